The van der Waals surface area contributed by atoms with Crippen LogP contribution in [-0.2, 0) is 23.7 Å². The molecule has 1 saturated heterocycles. The number of fused-ring (bicyclic) bond motifs is 1. The molecule has 0 aromatic heterocycles. The van der Waals surface area contributed by atoms with Gasteiger partial charge >= 0.3 is 12.4 Å². The molecular formula is C28H32F6N2O3. The summed E-state index contributed by atoms with van der Waals surface area (Å²) in [6.07, 6.45) is -8.32. The first-order chi connectivity index (χ1) is 18.2. The van der Waals surface area contributed by atoms with Gasteiger partial charge in [-0.25, -0.2) is 0 Å². The Labute approximate surface area is 223 Å². The third-order valence-corrected chi connectivity index (χ3v) is 7.39. The van der Waals surface area contributed by atoms with Gasteiger partial charge in [0.2, 0.25) is 12.7 Å². The van der Waals surface area contributed by atoms with E-state index in [4.69, 9.17) is 9.47 Å². The Morgan fingerprint density at radius 2 is 1.51 bits per heavy atom. The SMILES string of the molecule is CC(C)CC1(C(=O)N[C@H](C)c2cc(C(F)(F)F)cc(C(F)(F)F)c2)CCN(Cc2ccc3c(c2)OCO3)CC1. The van der Waals surface area contributed by atoms with E-state index in [1.165, 1.54) is 6.92 Å². The number of benzene rings is 2. The van der Waals surface area contributed by atoms with Crippen molar-refractivity contribution in [3.63, 3.8) is 0 Å². The number of rotatable bonds is 7. The summed E-state index contributed by atoms with van der Waals surface area (Å²) < 4.78 is 90.9. The summed E-state index contributed by atoms with van der Waals surface area (Å²) in [5, 5.41) is 2.74. The topological polar surface area (TPSA) is 50.8 Å². The molecule has 39 heavy (non-hydrogen) atoms. The number of hydrogen-bond donors (Lipinski definition) is 1. The zero-order valence-corrected chi connectivity index (χ0v) is 22.0. The fraction of sp³-hybridized carbons (Fsp3) is 0.536. The van der Waals surface area contributed by atoms with Crippen LogP contribution < -0.4 is 14.8 Å². The first-order valence-electron chi connectivity index (χ1n) is 12.9. The molecule has 0 aliphatic carbocycles. The fourth-order valence-corrected chi connectivity index (χ4v) is 5.40. The molecule has 4 rings (SSSR count). The molecule has 0 radical (unpaired) electrons. The number of carbonyl (C=O) groups excluding carboxylic acids is 1. The highest BCUT2D eigenvalue weighted by Crippen LogP contribution is 2.41. The molecule has 1 fully saturated rings. The Bertz CT molecular complexity index is 1150. The van der Waals surface area contributed by atoms with Gasteiger partial charge in [-0.15, -0.1) is 0 Å². The van der Waals surface area contributed by atoms with Crippen LogP contribution in [0, 0.1) is 11.3 Å². The molecule has 1 N–H and O–H groups in total. The zero-order chi connectivity index (χ0) is 28.6. The maximum Gasteiger partial charge on any atom is 0.416 e. The van der Waals surface area contributed by atoms with Crippen LogP contribution in [0.2, 0.25) is 0 Å². The molecule has 0 saturated carbocycles. The van der Waals surface area contributed by atoms with Gasteiger partial charge in [-0.3, -0.25) is 9.69 Å². The van der Waals surface area contributed by atoms with E-state index in [1.54, 1.807) is 0 Å². The molecule has 5 nitrogen and oxygen atoms in total. The second-order valence-corrected chi connectivity index (χ2v) is 10.9. The number of alkyl halides is 6. The van der Waals surface area contributed by atoms with E-state index in [9.17, 15) is 31.1 Å². The van der Waals surface area contributed by atoms with Crippen molar-refractivity contribution in [2.75, 3.05) is 19.9 Å². The normalized spacial score (nSPS) is 18.3. The first kappa shape index (κ1) is 29.0. The Balaban J connectivity index is 1.48. The number of halogens is 6. The molecule has 2 aromatic carbocycles. The molecule has 11 heteroatoms. The molecule has 1 atom stereocenters. The molecule has 0 spiro atoms. The number of carbonyl (C=O) groups is 1. The van der Waals surface area contributed by atoms with Gasteiger partial charge in [0.15, 0.2) is 11.5 Å². The average Bonchev–Trinajstić information content (AvgIpc) is 3.31. The summed E-state index contributed by atoms with van der Waals surface area (Å²) in [5.41, 5.74) is -2.78. The monoisotopic (exact) mass is 558 g/mol. The highest BCUT2D eigenvalue weighted by atomic mass is 19.4. The lowest BCUT2D eigenvalue weighted by molar-refractivity contribution is -0.143. The summed E-state index contributed by atoms with van der Waals surface area (Å²) in [4.78, 5) is 15.8. The molecule has 0 bridgehead atoms. The van der Waals surface area contributed by atoms with E-state index in [0.717, 1.165) is 5.56 Å². The second kappa shape index (κ2) is 10.9. The van der Waals surface area contributed by atoms with Gasteiger partial charge in [-0.2, -0.15) is 26.3 Å². The average molecular weight is 559 g/mol. The van der Waals surface area contributed by atoms with Crippen molar-refractivity contribution >= 4 is 5.91 Å². The number of ether oxygens (including phenoxy) is 2. The number of amides is 1. The van der Waals surface area contributed by atoms with Gasteiger partial charge in [0.1, 0.15) is 0 Å². The van der Waals surface area contributed by atoms with Gasteiger partial charge in [-0.1, -0.05) is 19.9 Å². The van der Waals surface area contributed by atoms with Gasteiger partial charge in [0.25, 0.3) is 0 Å². The molecule has 2 aromatic rings. The van der Waals surface area contributed by atoms with Gasteiger partial charge in [0.05, 0.1) is 22.6 Å². The number of piperidine rings is 1. The third-order valence-electron chi connectivity index (χ3n) is 7.39. The van der Waals surface area contributed by atoms with E-state index in [-0.39, 0.29) is 30.2 Å². The van der Waals surface area contributed by atoms with Crippen LogP contribution in [-0.4, -0.2) is 30.7 Å². The van der Waals surface area contributed by atoms with Crippen LogP contribution in [0.15, 0.2) is 36.4 Å². The summed E-state index contributed by atoms with van der Waals surface area (Å²) >= 11 is 0. The summed E-state index contributed by atoms with van der Waals surface area (Å²) in [7, 11) is 0. The van der Waals surface area contributed by atoms with Crippen LogP contribution in [0.25, 0.3) is 0 Å². The predicted molar refractivity (Wildman–Crippen MR) is 132 cm³/mol. The molecule has 2 aliphatic heterocycles. The Hall–Kier alpha value is -2.95. The lowest BCUT2D eigenvalue weighted by Gasteiger charge is -2.42. The maximum atomic E-state index is 13.6. The largest absolute Gasteiger partial charge is 0.454 e. The number of hydrogen-bond acceptors (Lipinski definition) is 4. The number of likely N-dealkylation sites (tertiary alicyclic amines) is 1. The third kappa shape index (κ3) is 6.80. The standard InChI is InChI=1S/C28H32F6N2O3/c1-17(2)14-26(6-8-36(9-7-26)15-19-4-5-23-24(10-19)39-16-38-23)25(37)35-18(3)20-11-21(27(29,30)31)13-22(12-20)28(32,33)34/h4-5,10-13,17-18H,6-9,14-16H2,1-3H3,(H,35,37)/t18-/m1/s1. The van der Waals surface area contributed by atoms with E-state index >= 15 is 0 Å². The number of nitrogens with one attached hydrogen (secondary N) is 1. The lowest BCUT2D eigenvalue weighted by Crippen LogP contribution is -2.49. The fourth-order valence-electron chi connectivity index (χ4n) is 5.40. The molecule has 2 aliphatic rings. The second-order valence-electron chi connectivity index (χ2n) is 10.9. The van der Waals surface area contributed by atoms with Crippen molar-refractivity contribution in [1.29, 1.82) is 0 Å². The first-order valence-corrected chi connectivity index (χ1v) is 12.9. The van der Waals surface area contributed by atoms with Crippen LogP contribution in [0.4, 0.5) is 26.3 Å². The molecular weight excluding hydrogens is 526 g/mol. The van der Waals surface area contributed by atoms with Crippen molar-refractivity contribution in [1.82, 2.24) is 10.2 Å². The van der Waals surface area contributed by atoms with Crippen molar-refractivity contribution in [2.45, 2.75) is 65.0 Å². The Morgan fingerprint density at radius 3 is 2.08 bits per heavy atom. The molecule has 214 valence electrons. The van der Waals surface area contributed by atoms with Gasteiger partial charge < -0.3 is 14.8 Å². The van der Waals surface area contributed by atoms with Crippen LogP contribution in [0.1, 0.15) is 68.3 Å². The zero-order valence-electron chi connectivity index (χ0n) is 22.0. The highest BCUT2D eigenvalue weighted by molar-refractivity contribution is 5.83. The maximum absolute atomic E-state index is 13.6. The van der Waals surface area contributed by atoms with Crippen LogP contribution >= 0.6 is 0 Å². The van der Waals surface area contributed by atoms with Gasteiger partial charge in [-0.05, 0) is 86.7 Å². The lowest BCUT2D eigenvalue weighted by atomic mass is 9.71. The van der Waals surface area contributed by atoms with Crippen molar-refractivity contribution in [3.8, 4) is 11.5 Å². The van der Waals surface area contributed by atoms with E-state index in [1.807, 2.05) is 32.0 Å². The van der Waals surface area contributed by atoms with Crippen LogP contribution in [0.5, 0.6) is 11.5 Å². The van der Waals surface area contributed by atoms with Crippen molar-refractivity contribution < 1.29 is 40.6 Å². The highest BCUT2D eigenvalue weighted by Gasteiger charge is 2.43. The molecule has 1 amide bonds. The quantitative estimate of drug-likeness (QED) is 0.374. The minimum Gasteiger partial charge on any atom is -0.454 e. The smallest absolute Gasteiger partial charge is 0.416 e. The minimum absolute atomic E-state index is 0.0914. The van der Waals surface area contributed by atoms with Crippen LogP contribution in [0.3, 0.4) is 0 Å². The number of nitrogens with zero attached hydrogens (tertiary/aromatic N) is 1. The summed E-state index contributed by atoms with van der Waals surface area (Å²) in [6, 6.07) is 6.13. The van der Waals surface area contributed by atoms with Crippen molar-refractivity contribution in [2.24, 2.45) is 11.3 Å². The Kier molecular flexibility index (Phi) is 8.12. The molecule has 2 heterocycles. The Morgan fingerprint density at radius 1 is 0.923 bits per heavy atom. The minimum atomic E-state index is -4.95. The summed E-state index contributed by atoms with van der Waals surface area (Å²) in [5.74, 6) is 1.20. The van der Waals surface area contributed by atoms with Crippen molar-refractivity contribution in [3.05, 3.63) is 58.7 Å². The predicted octanol–water partition coefficient (Wildman–Crippen LogP) is 6.96. The van der Waals surface area contributed by atoms with E-state index in [2.05, 4.69) is 10.2 Å². The van der Waals surface area contributed by atoms with E-state index < -0.39 is 34.9 Å². The summed E-state index contributed by atoms with van der Waals surface area (Å²) in [6.45, 7) is 7.45. The van der Waals surface area contributed by atoms with Gasteiger partial charge in [0, 0.05) is 6.54 Å². The van der Waals surface area contributed by atoms with E-state index in [0.29, 0.717) is 62.5 Å². The molecule has 0 unspecified atom stereocenters.